The molecule has 3 heterocycles. The van der Waals surface area contributed by atoms with Crippen LogP contribution in [0.4, 0.5) is 4.39 Å². The minimum Gasteiger partial charge on any atom is -0.497 e. The van der Waals surface area contributed by atoms with Crippen LogP contribution in [0.5, 0.6) is 5.75 Å². The van der Waals surface area contributed by atoms with Gasteiger partial charge in [0.2, 0.25) is 11.7 Å². The van der Waals surface area contributed by atoms with Gasteiger partial charge in [-0.25, -0.2) is 9.37 Å². The maximum Gasteiger partial charge on any atom is 0.293 e. The highest BCUT2D eigenvalue weighted by atomic mass is 19.1. The van der Waals surface area contributed by atoms with Crippen molar-refractivity contribution >= 4 is 5.91 Å². The van der Waals surface area contributed by atoms with E-state index in [0.717, 1.165) is 30.6 Å². The van der Waals surface area contributed by atoms with Crippen LogP contribution >= 0.6 is 0 Å². The summed E-state index contributed by atoms with van der Waals surface area (Å²) >= 11 is 0. The van der Waals surface area contributed by atoms with E-state index in [-0.39, 0.29) is 29.0 Å². The van der Waals surface area contributed by atoms with E-state index in [4.69, 9.17) is 13.7 Å². The summed E-state index contributed by atoms with van der Waals surface area (Å²) in [6, 6.07) is 15.2. The van der Waals surface area contributed by atoms with E-state index >= 15 is 0 Å². The number of hydrogen-bond donors (Lipinski definition) is 0. The van der Waals surface area contributed by atoms with Crippen molar-refractivity contribution in [3.05, 3.63) is 89.6 Å². The maximum absolute atomic E-state index is 14.1. The first-order chi connectivity index (χ1) is 16.6. The van der Waals surface area contributed by atoms with E-state index in [1.165, 1.54) is 12.1 Å². The van der Waals surface area contributed by atoms with Crippen LogP contribution in [-0.2, 0) is 6.42 Å². The lowest BCUT2D eigenvalue weighted by Crippen LogP contribution is -2.38. The van der Waals surface area contributed by atoms with Crippen molar-refractivity contribution < 1.29 is 22.9 Å². The lowest BCUT2D eigenvalue weighted by molar-refractivity contribution is 0.0528. The van der Waals surface area contributed by atoms with Gasteiger partial charge in [-0.15, -0.1) is 0 Å². The SMILES string of the molecule is COc1cccc(Cc2cnc([C@H]3CCCCN3C(=O)c3cc(-c4ccccc4F)no3)o2)c1. The van der Waals surface area contributed by atoms with Gasteiger partial charge in [-0.3, -0.25) is 4.79 Å². The molecule has 0 saturated carbocycles. The predicted octanol–water partition coefficient (Wildman–Crippen LogP) is 5.44. The molecule has 2 aromatic heterocycles. The number of rotatable bonds is 6. The van der Waals surface area contributed by atoms with Crippen LogP contribution in [0.15, 0.2) is 69.7 Å². The largest absolute Gasteiger partial charge is 0.497 e. The summed E-state index contributed by atoms with van der Waals surface area (Å²) in [5.74, 6) is 1.32. The molecule has 1 amide bonds. The van der Waals surface area contributed by atoms with Gasteiger partial charge in [0.05, 0.1) is 13.3 Å². The third-order valence-electron chi connectivity index (χ3n) is 6.00. The monoisotopic (exact) mass is 461 g/mol. The number of ether oxygens (including phenoxy) is 1. The van der Waals surface area contributed by atoms with Crippen LogP contribution in [0.3, 0.4) is 0 Å². The molecule has 0 aliphatic carbocycles. The molecule has 0 bridgehead atoms. The lowest BCUT2D eigenvalue weighted by Gasteiger charge is -2.32. The summed E-state index contributed by atoms with van der Waals surface area (Å²) in [6.07, 6.45) is 4.84. The van der Waals surface area contributed by atoms with Crippen molar-refractivity contribution in [3.8, 4) is 17.0 Å². The molecule has 4 aromatic rings. The number of amides is 1. The first-order valence-electron chi connectivity index (χ1n) is 11.2. The summed E-state index contributed by atoms with van der Waals surface area (Å²) < 4.78 is 30.8. The van der Waals surface area contributed by atoms with E-state index in [9.17, 15) is 9.18 Å². The van der Waals surface area contributed by atoms with Gasteiger partial charge >= 0.3 is 0 Å². The second-order valence-electron chi connectivity index (χ2n) is 8.26. The Balaban J connectivity index is 1.35. The van der Waals surface area contributed by atoms with Crippen LogP contribution < -0.4 is 4.74 Å². The van der Waals surface area contributed by atoms with Crippen molar-refractivity contribution in [2.75, 3.05) is 13.7 Å². The molecule has 0 N–H and O–H groups in total. The number of oxazole rings is 1. The Morgan fingerprint density at radius 2 is 2.06 bits per heavy atom. The van der Waals surface area contributed by atoms with Crippen LogP contribution in [-0.4, -0.2) is 34.6 Å². The second-order valence-corrected chi connectivity index (χ2v) is 8.26. The summed E-state index contributed by atoms with van der Waals surface area (Å²) in [7, 11) is 1.63. The first kappa shape index (κ1) is 21.9. The molecule has 8 heteroatoms. The fourth-order valence-corrected chi connectivity index (χ4v) is 4.29. The minimum atomic E-state index is -0.422. The van der Waals surface area contributed by atoms with E-state index in [1.807, 2.05) is 24.3 Å². The highest BCUT2D eigenvalue weighted by molar-refractivity contribution is 5.92. The number of likely N-dealkylation sites (tertiary alicyclic amines) is 1. The van der Waals surface area contributed by atoms with Gasteiger partial charge in [0.15, 0.2) is 0 Å². The van der Waals surface area contributed by atoms with Gasteiger partial charge in [0.25, 0.3) is 5.91 Å². The summed E-state index contributed by atoms with van der Waals surface area (Å²) in [5.41, 5.74) is 1.61. The van der Waals surface area contributed by atoms with Crippen molar-refractivity contribution in [3.63, 3.8) is 0 Å². The molecule has 174 valence electrons. The molecule has 2 aromatic carbocycles. The quantitative estimate of drug-likeness (QED) is 0.381. The number of carbonyl (C=O) groups excluding carboxylic acids is 1. The van der Waals surface area contributed by atoms with Crippen molar-refractivity contribution in [2.45, 2.75) is 31.7 Å². The van der Waals surface area contributed by atoms with E-state index in [2.05, 4.69) is 10.1 Å². The van der Waals surface area contributed by atoms with E-state index in [1.54, 1.807) is 36.4 Å². The van der Waals surface area contributed by atoms with E-state index < -0.39 is 5.82 Å². The van der Waals surface area contributed by atoms with Crippen molar-refractivity contribution in [1.29, 1.82) is 0 Å². The topological polar surface area (TPSA) is 81.6 Å². The Bertz CT molecular complexity index is 1300. The number of nitrogens with zero attached hydrogens (tertiary/aromatic N) is 3. The number of carbonyl (C=O) groups is 1. The molecule has 0 spiro atoms. The molecular weight excluding hydrogens is 437 g/mol. The Labute approximate surface area is 196 Å². The maximum atomic E-state index is 14.1. The molecule has 1 aliphatic heterocycles. The third kappa shape index (κ3) is 4.44. The molecule has 5 rings (SSSR count). The number of benzene rings is 2. The molecule has 1 atom stereocenters. The van der Waals surface area contributed by atoms with Gasteiger partial charge < -0.3 is 18.6 Å². The Morgan fingerprint density at radius 3 is 2.91 bits per heavy atom. The number of halogens is 1. The Kier molecular flexibility index (Phi) is 6.12. The minimum absolute atomic E-state index is 0.0633. The fraction of sp³-hybridized carbons (Fsp3) is 0.269. The first-order valence-corrected chi connectivity index (χ1v) is 11.2. The van der Waals surface area contributed by atoms with Crippen LogP contribution in [0.1, 0.15) is 53.1 Å². The lowest BCUT2D eigenvalue weighted by atomic mass is 10.0. The van der Waals surface area contributed by atoms with Gasteiger partial charge in [-0.1, -0.05) is 29.4 Å². The van der Waals surface area contributed by atoms with Crippen LogP contribution in [0.2, 0.25) is 0 Å². The van der Waals surface area contributed by atoms with E-state index in [0.29, 0.717) is 24.6 Å². The molecular formula is C26H24FN3O4. The van der Waals surface area contributed by atoms with Gasteiger partial charge in [0.1, 0.15) is 29.1 Å². The summed E-state index contributed by atoms with van der Waals surface area (Å²) in [6.45, 7) is 0.548. The fourth-order valence-electron chi connectivity index (χ4n) is 4.29. The molecule has 0 unspecified atom stereocenters. The number of aromatic nitrogens is 2. The highest BCUT2D eigenvalue weighted by Crippen LogP contribution is 2.33. The summed E-state index contributed by atoms with van der Waals surface area (Å²) in [5, 5.41) is 3.91. The predicted molar refractivity (Wildman–Crippen MR) is 122 cm³/mol. The number of hydrogen-bond acceptors (Lipinski definition) is 6. The van der Waals surface area contributed by atoms with Crippen molar-refractivity contribution in [2.24, 2.45) is 0 Å². The second kappa shape index (κ2) is 9.51. The standard InChI is InChI=1S/C26H24FN3O4/c1-32-18-8-6-7-17(13-18)14-19-16-28-25(33-19)23-11-4-5-12-30(23)26(31)24-15-22(29-34-24)20-9-2-3-10-21(20)27/h2-3,6-10,13,15-16,23H,4-5,11-12,14H2,1H3/t23-/m1/s1. The zero-order valence-corrected chi connectivity index (χ0v) is 18.7. The normalized spacial score (nSPS) is 15.9. The third-order valence-corrected chi connectivity index (χ3v) is 6.00. The smallest absolute Gasteiger partial charge is 0.293 e. The van der Waals surface area contributed by atoms with Gasteiger partial charge in [-0.05, 0) is 49.1 Å². The number of piperidine rings is 1. The highest BCUT2D eigenvalue weighted by Gasteiger charge is 2.34. The molecule has 1 aliphatic rings. The zero-order chi connectivity index (χ0) is 23.5. The Morgan fingerprint density at radius 1 is 1.18 bits per heavy atom. The molecule has 7 nitrogen and oxygen atoms in total. The van der Waals surface area contributed by atoms with Gasteiger partial charge in [-0.2, -0.15) is 0 Å². The van der Waals surface area contributed by atoms with Crippen LogP contribution in [0, 0.1) is 5.82 Å². The molecule has 1 fully saturated rings. The molecule has 1 saturated heterocycles. The average Bonchev–Trinajstić information content (AvgIpc) is 3.54. The molecule has 0 radical (unpaired) electrons. The van der Waals surface area contributed by atoms with Crippen LogP contribution in [0.25, 0.3) is 11.3 Å². The van der Waals surface area contributed by atoms with Gasteiger partial charge in [0, 0.05) is 24.6 Å². The summed E-state index contributed by atoms with van der Waals surface area (Å²) in [4.78, 5) is 19.5. The van der Waals surface area contributed by atoms with Crippen molar-refractivity contribution in [1.82, 2.24) is 15.0 Å². The number of methoxy groups -OCH3 is 1. The molecule has 34 heavy (non-hydrogen) atoms. The Hall–Kier alpha value is -3.94. The average molecular weight is 461 g/mol. The zero-order valence-electron chi connectivity index (χ0n) is 18.7.